The van der Waals surface area contributed by atoms with Crippen molar-refractivity contribution in [3.05, 3.63) is 157 Å². The summed E-state index contributed by atoms with van der Waals surface area (Å²) in [5.41, 5.74) is 12.4. The minimum absolute atomic E-state index is 0.712. The van der Waals surface area contributed by atoms with Crippen LogP contribution in [0, 0.1) is 0 Å². The van der Waals surface area contributed by atoms with Gasteiger partial charge >= 0.3 is 0 Å². The zero-order chi connectivity index (χ0) is 29.3. The first-order chi connectivity index (χ1) is 21.8. The lowest BCUT2D eigenvalue weighted by molar-refractivity contribution is 0.992. The van der Waals surface area contributed by atoms with Gasteiger partial charge in [-0.2, -0.15) is 0 Å². The molecule has 2 aromatic heterocycles. The van der Waals surface area contributed by atoms with E-state index in [2.05, 4.69) is 120 Å². The molecule has 1 aliphatic carbocycles. The number of benzene rings is 5. The topological polar surface area (TPSA) is 38.7 Å². The van der Waals surface area contributed by atoms with E-state index in [-0.39, 0.29) is 0 Å². The number of fused-ring (bicyclic) bond motifs is 3. The molecule has 44 heavy (non-hydrogen) atoms. The zero-order valence-electron chi connectivity index (χ0n) is 24.2. The standard InChI is InChI=1S/C41H29N3/c1-2-10-30(11-3-1)41-43-39(26-40(44-41)33-14-8-13-31(24-33)34-15-9-23-42-27-34)29-21-19-28(20-22-29)38-25-32-12-4-5-16-35(32)36-17-6-7-18-37(36)38/h1-6,8-17,19-27H,7,18H2. The molecule has 0 fully saturated rings. The third-order valence-corrected chi connectivity index (χ3v) is 8.45. The van der Waals surface area contributed by atoms with Gasteiger partial charge in [0.15, 0.2) is 5.82 Å². The van der Waals surface area contributed by atoms with Crippen molar-refractivity contribution in [1.82, 2.24) is 15.0 Å². The first kappa shape index (κ1) is 26.0. The molecule has 0 spiro atoms. The summed E-state index contributed by atoms with van der Waals surface area (Å²) in [6.45, 7) is 0. The Hall–Kier alpha value is -5.67. The quantitative estimate of drug-likeness (QED) is 0.209. The normalized spacial score (nSPS) is 12.3. The van der Waals surface area contributed by atoms with E-state index in [4.69, 9.17) is 9.97 Å². The number of allylic oxidation sites excluding steroid dienone is 1. The molecule has 5 aromatic carbocycles. The average Bonchev–Trinajstić information content (AvgIpc) is 3.12. The molecule has 2 heterocycles. The molecule has 0 aliphatic heterocycles. The van der Waals surface area contributed by atoms with Crippen molar-refractivity contribution in [2.45, 2.75) is 12.8 Å². The van der Waals surface area contributed by atoms with Gasteiger partial charge in [0.2, 0.25) is 0 Å². The third-order valence-electron chi connectivity index (χ3n) is 8.45. The lowest BCUT2D eigenvalue weighted by atomic mass is 9.85. The molecule has 8 rings (SSSR count). The zero-order valence-corrected chi connectivity index (χ0v) is 24.2. The maximum absolute atomic E-state index is 5.06. The summed E-state index contributed by atoms with van der Waals surface area (Å²) < 4.78 is 0. The van der Waals surface area contributed by atoms with Gasteiger partial charge < -0.3 is 0 Å². The largest absolute Gasteiger partial charge is 0.264 e. The molecule has 0 N–H and O–H groups in total. The van der Waals surface area contributed by atoms with Gasteiger partial charge in [0.05, 0.1) is 11.4 Å². The fraction of sp³-hybridized carbons (Fsp3) is 0.0488. The predicted molar refractivity (Wildman–Crippen MR) is 182 cm³/mol. The molecule has 0 bridgehead atoms. The van der Waals surface area contributed by atoms with Gasteiger partial charge in [-0.25, -0.2) is 9.97 Å². The highest BCUT2D eigenvalue weighted by Gasteiger charge is 2.16. The predicted octanol–water partition coefficient (Wildman–Crippen LogP) is 10.3. The molecule has 0 saturated heterocycles. The van der Waals surface area contributed by atoms with Crippen molar-refractivity contribution >= 4 is 16.8 Å². The van der Waals surface area contributed by atoms with Gasteiger partial charge in [0.1, 0.15) is 0 Å². The number of hydrogen-bond acceptors (Lipinski definition) is 3. The van der Waals surface area contributed by atoms with Gasteiger partial charge in [-0.1, -0.05) is 115 Å². The summed E-state index contributed by atoms with van der Waals surface area (Å²) in [7, 11) is 0. The Morgan fingerprint density at radius 1 is 0.523 bits per heavy atom. The Labute approximate surface area is 257 Å². The van der Waals surface area contributed by atoms with Crippen molar-refractivity contribution in [3.63, 3.8) is 0 Å². The van der Waals surface area contributed by atoms with E-state index in [0.717, 1.165) is 52.0 Å². The smallest absolute Gasteiger partial charge is 0.160 e. The first-order valence-corrected chi connectivity index (χ1v) is 15.1. The Morgan fingerprint density at radius 2 is 1.25 bits per heavy atom. The number of nitrogens with zero attached hydrogens (tertiary/aromatic N) is 3. The van der Waals surface area contributed by atoms with E-state index in [9.17, 15) is 0 Å². The van der Waals surface area contributed by atoms with Crippen molar-refractivity contribution in [2.24, 2.45) is 0 Å². The van der Waals surface area contributed by atoms with E-state index in [1.807, 2.05) is 30.5 Å². The molecule has 3 heteroatoms. The van der Waals surface area contributed by atoms with Crippen LogP contribution < -0.4 is 0 Å². The monoisotopic (exact) mass is 563 g/mol. The van der Waals surface area contributed by atoms with Crippen LogP contribution in [-0.2, 0) is 6.42 Å². The Balaban J connectivity index is 1.23. The van der Waals surface area contributed by atoms with Crippen molar-refractivity contribution in [3.8, 4) is 56.2 Å². The van der Waals surface area contributed by atoms with Crippen molar-refractivity contribution in [2.75, 3.05) is 0 Å². The van der Waals surface area contributed by atoms with E-state index in [1.54, 1.807) is 6.20 Å². The van der Waals surface area contributed by atoms with Crippen LogP contribution in [0.1, 0.15) is 17.5 Å². The fourth-order valence-corrected chi connectivity index (χ4v) is 6.24. The molecule has 0 radical (unpaired) electrons. The molecule has 1 aliphatic rings. The van der Waals surface area contributed by atoms with Gasteiger partial charge in [-0.05, 0) is 75.7 Å². The average molecular weight is 564 g/mol. The molecule has 3 nitrogen and oxygen atoms in total. The van der Waals surface area contributed by atoms with Crippen LogP contribution in [0.15, 0.2) is 146 Å². The maximum atomic E-state index is 5.06. The first-order valence-electron chi connectivity index (χ1n) is 15.1. The van der Waals surface area contributed by atoms with E-state index in [0.29, 0.717) is 5.82 Å². The number of hydrogen-bond donors (Lipinski definition) is 0. The summed E-state index contributed by atoms with van der Waals surface area (Å²) in [5, 5.41) is 2.60. The summed E-state index contributed by atoms with van der Waals surface area (Å²) in [4.78, 5) is 14.4. The molecular formula is C41H29N3. The van der Waals surface area contributed by atoms with E-state index in [1.165, 1.54) is 33.0 Å². The fourth-order valence-electron chi connectivity index (χ4n) is 6.24. The molecule has 0 atom stereocenters. The minimum atomic E-state index is 0.712. The maximum Gasteiger partial charge on any atom is 0.160 e. The molecular weight excluding hydrogens is 534 g/mol. The van der Waals surface area contributed by atoms with Crippen LogP contribution in [0.5, 0.6) is 0 Å². The van der Waals surface area contributed by atoms with Crippen LogP contribution in [0.3, 0.4) is 0 Å². The van der Waals surface area contributed by atoms with Gasteiger partial charge in [0.25, 0.3) is 0 Å². The molecule has 208 valence electrons. The van der Waals surface area contributed by atoms with Crippen molar-refractivity contribution < 1.29 is 0 Å². The molecule has 0 saturated carbocycles. The van der Waals surface area contributed by atoms with Gasteiger partial charge in [-0.15, -0.1) is 0 Å². The van der Waals surface area contributed by atoms with Crippen LogP contribution in [0.25, 0.3) is 73.0 Å². The number of aromatic nitrogens is 3. The Morgan fingerprint density at radius 3 is 2.09 bits per heavy atom. The second kappa shape index (κ2) is 11.2. The third kappa shape index (κ3) is 4.89. The van der Waals surface area contributed by atoms with E-state index >= 15 is 0 Å². The SMILES string of the molecule is C1=Cc2c(c(-c3ccc(-c4cc(-c5cccc(-c6cccnc6)c5)nc(-c5ccccc5)n4)cc3)cc3ccccc23)CC1. The summed E-state index contributed by atoms with van der Waals surface area (Å²) in [6.07, 6.45) is 10.4. The van der Waals surface area contributed by atoms with E-state index < -0.39 is 0 Å². The van der Waals surface area contributed by atoms with Gasteiger partial charge in [0, 0.05) is 34.6 Å². The summed E-state index contributed by atoms with van der Waals surface area (Å²) >= 11 is 0. The summed E-state index contributed by atoms with van der Waals surface area (Å²) in [6, 6.07) is 44.8. The van der Waals surface area contributed by atoms with Crippen molar-refractivity contribution in [1.29, 1.82) is 0 Å². The second-order valence-corrected chi connectivity index (χ2v) is 11.2. The lowest BCUT2D eigenvalue weighted by Crippen LogP contribution is -1.99. The number of rotatable bonds is 5. The molecule has 0 amide bonds. The lowest BCUT2D eigenvalue weighted by Gasteiger charge is -2.19. The van der Waals surface area contributed by atoms with Crippen LogP contribution >= 0.6 is 0 Å². The van der Waals surface area contributed by atoms with Crippen LogP contribution in [0.2, 0.25) is 0 Å². The second-order valence-electron chi connectivity index (χ2n) is 11.2. The molecule has 7 aromatic rings. The molecule has 0 unspecified atom stereocenters. The highest BCUT2D eigenvalue weighted by Crippen LogP contribution is 2.37. The van der Waals surface area contributed by atoms with Gasteiger partial charge in [-0.3, -0.25) is 4.98 Å². The Bertz CT molecular complexity index is 2150. The summed E-state index contributed by atoms with van der Waals surface area (Å²) in [5.74, 6) is 0.712. The highest BCUT2D eigenvalue weighted by molar-refractivity contribution is 5.97. The van der Waals surface area contributed by atoms with Crippen LogP contribution in [-0.4, -0.2) is 15.0 Å². The Kier molecular flexibility index (Phi) is 6.62. The number of pyridine rings is 1. The highest BCUT2D eigenvalue weighted by atomic mass is 14.9. The minimum Gasteiger partial charge on any atom is -0.264 e. The van der Waals surface area contributed by atoms with Crippen LogP contribution in [0.4, 0.5) is 0 Å².